The molecule has 1 amide bonds. The van der Waals surface area contributed by atoms with Gasteiger partial charge in [0.2, 0.25) is 0 Å². The lowest BCUT2D eigenvalue weighted by Gasteiger charge is -2.40. The number of hydrogen-bond donors (Lipinski definition) is 1. The zero-order valence-corrected chi connectivity index (χ0v) is 18.1. The summed E-state index contributed by atoms with van der Waals surface area (Å²) in [5.74, 6) is 0.644. The van der Waals surface area contributed by atoms with E-state index in [4.69, 9.17) is 4.98 Å². The average Bonchev–Trinajstić information content (AvgIpc) is 3.53. The highest BCUT2D eigenvalue weighted by atomic mass is 32.2. The molecule has 2 heterocycles. The Hall–Kier alpha value is -2.67. The monoisotopic (exact) mass is 425 g/mol. The zero-order chi connectivity index (χ0) is 21.3. The maximum Gasteiger partial charge on any atom is 0.270 e. The quantitative estimate of drug-likeness (QED) is 0.737. The molecule has 1 aromatic carbocycles. The molecule has 0 spiro atoms. The number of nitrogens with zero attached hydrogens (tertiary/aromatic N) is 2. The van der Waals surface area contributed by atoms with Gasteiger partial charge in [0.05, 0.1) is 17.4 Å². The van der Waals surface area contributed by atoms with E-state index < -0.39 is 9.84 Å². The molecule has 1 aromatic heterocycles. The van der Waals surface area contributed by atoms with Crippen molar-refractivity contribution in [3.8, 4) is 11.3 Å². The lowest BCUT2D eigenvalue weighted by atomic mass is 9.99. The number of hydrogen-bond acceptors (Lipinski definition) is 5. The molecule has 1 N–H and O–H groups in total. The third-order valence-corrected chi connectivity index (χ3v) is 6.17. The van der Waals surface area contributed by atoms with Gasteiger partial charge in [-0.3, -0.25) is 4.79 Å². The number of rotatable bonds is 7. The molecule has 0 bridgehead atoms. The number of nitrogens with one attached hydrogen (secondary N) is 1. The van der Waals surface area contributed by atoms with Crippen LogP contribution in [0.2, 0.25) is 0 Å². The minimum atomic E-state index is -3.24. The van der Waals surface area contributed by atoms with Gasteiger partial charge >= 0.3 is 0 Å². The fourth-order valence-electron chi connectivity index (χ4n) is 3.77. The predicted octanol–water partition coefficient (Wildman–Crippen LogP) is 3.27. The van der Waals surface area contributed by atoms with E-state index >= 15 is 0 Å². The first-order valence-corrected chi connectivity index (χ1v) is 12.3. The van der Waals surface area contributed by atoms with Gasteiger partial charge in [0, 0.05) is 30.3 Å². The fourth-order valence-corrected chi connectivity index (χ4v) is 4.22. The van der Waals surface area contributed by atoms with Crippen molar-refractivity contribution >= 4 is 21.4 Å². The molecule has 2 fully saturated rings. The van der Waals surface area contributed by atoms with Gasteiger partial charge < -0.3 is 10.2 Å². The molecule has 0 radical (unpaired) electrons. The number of pyridine rings is 1. The Kier molecular flexibility index (Phi) is 5.64. The van der Waals surface area contributed by atoms with Crippen LogP contribution < -0.4 is 10.2 Å². The highest BCUT2D eigenvalue weighted by molar-refractivity contribution is 7.93. The zero-order valence-electron chi connectivity index (χ0n) is 17.3. The molecule has 158 valence electrons. The number of sulfone groups is 1. The van der Waals surface area contributed by atoms with Crippen LogP contribution in [0.5, 0.6) is 0 Å². The Bertz CT molecular complexity index is 1060. The number of anilines is 1. The normalized spacial score (nSPS) is 18.3. The third-order valence-electron chi connectivity index (χ3n) is 5.52. The molecule has 1 saturated heterocycles. The number of amides is 1. The van der Waals surface area contributed by atoms with Crippen molar-refractivity contribution in [1.29, 1.82) is 0 Å². The van der Waals surface area contributed by atoms with Crippen LogP contribution in [0.25, 0.3) is 11.3 Å². The maximum absolute atomic E-state index is 12.9. The summed E-state index contributed by atoms with van der Waals surface area (Å²) in [6.07, 6.45) is 4.69. The van der Waals surface area contributed by atoms with Crippen molar-refractivity contribution in [3.05, 3.63) is 59.6 Å². The molecule has 1 saturated carbocycles. The largest absolute Gasteiger partial charge is 0.369 e. The van der Waals surface area contributed by atoms with E-state index in [1.807, 2.05) is 36.4 Å². The van der Waals surface area contributed by atoms with E-state index in [1.165, 1.54) is 5.41 Å². The summed E-state index contributed by atoms with van der Waals surface area (Å²) >= 11 is 0. The van der Waals surface area contributed by atoms with E-state index in [2.05, 4.69) is 17.1 Å². The van der Waals surface area contributed by atoms with E-state index in [9.17, 15) is 13.2 Å². The molecule has 7 heteroatoms. The van der Waals surface area contributed by atoms with Crippen LogP contribution in [0.15, 0.2) is 53.9 Å². The first-order valence-electron chi connectivity index (χ1n) is 10.3. The minimum absolute atomic E-state index is 0.280. The molecule has 1 atom stereocenters. The Morgan fingerprint density at radius 1 is 1.17 bits per heavy atom. The van der Waals surface area contributed by atoms with Gasteiger partial charge in [0.1, 0.15) is 5.69 Å². The molecular formula is C23H27N3O3S. The fraction of sp³-hybridized carbons (Fsp3) is 0.391. The lowest BCUT2D eigenvalue weighted by molar-refractivity contribution is 0.0936. The number of benzene rings is 1. The highest BCUT2D eigenvalue weighted by Gasteiger charge is 2.32. The molecule has 1 aliphatic heterocycles. The van der Waals surface area contributed by atoms with E-state index in [0.29, 0.717) is 11.6 Å². The van der Waals surface area contributed by atoms with Gasteiger partial charge in [-0.05, 0) is 36.8 Å². The smallest absolute Gasteiger partial charge is 0.270 e. The first kappa shape index (κ1) is 20.6. The summed E-state index contributed by atoms with van der Waals surface area (Å²) in [5.41, 5.74) is 3.14. The van der Waals surface area contributed by atoms with Crippen LogP contribution in [0.4, 0.5) is 5.69 Å². The van der Waals surface area contributed by atoms with Crippen LogP contribution in [0.3, 0.4) is 0 Å². The summed E-state index contributed by atoms with van der Waals surface area (Å²) in [7, 11) is -3.24. The SMILES string of the molecule is CC1CN(c2ccc(C(=O)N[C@H](/C=C/S(C)(=O)=O)C3CC3)nc2-c2ccccc2)C1. The topological polar surface area (TPSA) is 79.4 Å². The first-order chi connectivity index (χ1) is 14.3. The number of carbonyl (C=O) groups excluding carboxylic acids is 1. The van der Waals surface area contributed by atoms with Gasteiger partial charge in [-0.2, -0.15) is 0 Å². The van der Waals surface area contributed by atoms with Crippen LogP contribution in [0.1, 0.15) is 30.3 Å². The van der Waals surface area contributed by atoms with Crippen LogP contribution in [-0.2, 0) is 9.84 Å². The van der Waals surface area contributed by atoms with Crippen molar-refractivity contribution in [2.45, 2.75) is 25.8 Å². The molecule has 4 rings (SSSR count). The van der Waals surface area contributed by atoms with Gasteiger partial charge in [-0.25, -0.2) is 13.4 Å². The Labute approximate surface area is 177 Å². The van der Waals surface area contributed by atoms with Crippen LogP contribution in [-0.4, -0.2) is 44.7 Å². The number of carbonyl (C=O) groups is 1. The van der Waals surface area contributed by atoms with Crippen molar-refractivity contribution < 1.29 is 13.2 Å². The van der Waals surface area contributed by atoms with E-state index in [-0.39, 0.29) is 17.9 Å². The summed E-state index contributed by atoms with van der Waals surface area (Å²) in [6.45, 7) is 4.18. The molecule has 1 aliphatic carbocycles. The Balaban J connectivity index is 1.60. The van der Waals surface area contributed by atoms with Gasteiger partial charge in [0.15, 0.2) is 9.84 Å². The summed E-state index contributed by atoms with van der Waals surface area (Å²) in [5, 5.41) is 4.14. The summed E-state index contributed by atoms with van der Waals surface area (Å²) < 4.78 is 23.0. The Morgan fingerprint density at radius 3 is 2.47 bits per heavy atom. The molecule has 2 aliphatic rings. The van der Waals surface area contributed by atoms with E-state index in [0.717, 1.165) is 49.1 Å². The summed E-state index contributed by atoms with van der Waals surface area (Å²) in [6, 6.07) is 13.3. The second-order valence-corrected chi connectivity index (χ2v) is 10.4. The molecule has 6 nitrogen and oxygen atoms in total. The average molecular weight is 426 g/mol. The van der Waals surface area contributed by atoms with Gasteiger partial charge in [-0.15, -0.1) is 0 Å². The van der Waals surface area contributed by atoms with Gasteiger partial charge in [-0.1, -0.05) is 43.3 Å². The molecule has 2 aromatic rings. The van der Waals surface area contributed by atoms with Crippen molar-refractivity contribution in [2.75, 3.05) is 24.2 Å². The van der Waals surface area contributed by atoms with Gasteiger partial charge in [0.25, 0.3) is 5.91 Å². The van der Waals surface area contributed by atoms with Crippen molar-refractivity contribution in [3.63, 3.8) is 0 Å². The maximum atomic E-state index is 12.9. The second kappa shape index (κ2) is 8.22. The second-order valence-electron chi connectivity index (χ2n) is 8.44. The van der Waals surface area contributed by atoms with Crippen molar-refractivity contribution in [1.82, 2.24) is 10.3 Å². The molecule has 0 unspecified atom stereocenters. The number of aromatic nitrogens is 1. The van der Waals surface area contributed by atoms with Crippen LogP contribution >= 0.6 is 0 Å². The summed E-state index contributed by atoms with van der Waals surface area (Å²) in [4.78, 5) is 19.9. The van der Waals surface area contributed by atoms with Crippen molar-refractivity contribution in [2.24, 2.45) is 11.8 Å². The molecular weight excluding hydrogens is 398 g/mol. The van der Waals surface area contributed by atoms with E-state index in [1.54, 1.807) is 12.1 Å². The lowest BCUT2D eigenvalue weighted by Crippen LogP contribution is -2.45. The Morgan fingerprint density at radius 2 is 1.87 bits per heavy atom. The standard InChI is InChI=1S/C23H27N3O3S/c1-16-14-26(15-16)21-11-10-20(24-22(21)18-6-4-3-5-7-18)23(27)25-19(17-8-9-17)12-13-30(2,28)29/h3-7,10-13,16-17,19H,8-9,14-15H2,1-2H3,(H,25,27)/b13-12+/t19-/m1/s1. The molecule has 30 heavy (non-hydrogen) atoms. The minimum Gasteiger partial charge on any atom is -0.369 e. The predicted molar refractivity (Wildman–Crippen MR) is 119 cm³/mol. The highest BCUT2D eigenvalue weighted by Crippen LogP contribution is 2.35. The third kappa shape index (κ3) is 4.90. The van der Waals surface area contributed by atoms with Crippen LogP contribution in [0, 0.1) is 11.8 Å².